The van der Waals surface area contributed by atoms with Gasteiger partial charge in [-0.3, -0.25) is 34.2 Å². The van der Waals surface area contributed by atoms with E-state index >= 15 is 0 Å². The van der Waals surface area contributed by atoms with Gasteiger partial charge < -0.3 is 36.1 Å². The third-order valence-corrected chi connectivity index (χ3v) is 7.85. The van der Waals surface area contributed by atoms with Gasteiger partial charge in [0.05, 0.1) is 6.54 Å². The van der Waals surface area contributed by atoms with Crippen LogP contribution in [-0.4, -0.2) is 69.8 Å². The van der Waals surface area contributed by atoms with Crippen LogP contribution >= 0.6 is 0 Å². The number of carbonyl (C=O) groups excluding carboxylic acids is 6. The van der Waals surface area contributed by atoms with Crippen LogP contribution in [0.15, 0.2) is 85.1 Å². The Hall–Kier alpha value is -6.48. The van der Waals surface area contributed by atoms with Gasteiger partial charge in [0, 0.05) is 63.9 Å². The zero-order valence-corrected chi connectivity index (χ0v) is 25.8. The zero-order chi connectivity index (χ0) is 34.5. The van der Waals surface area contributed by atoms with Crippen molar-refractivity contribution >= 4 is 63.5 Å². The van der Waals surface area contributed by atoms with Gasteiger partial charge in [0.15, 0.2) is 6.23 Å². The number of fused-ring (bicyclic) bond motifs is 2. The van der Waals surface area contributed by atoms with E-state index in [0.29, 0.717) is 22.8 Å². The minimum atomic E-state index is -1.39. The van der Waals surface area contributed by atoms with E-state index in [1.165, 1.54) is 18.2 Å². The molecule has 15 heteroatoms. The van der Waals surface area contributed by atoms with Crippen LogP contribution in [0.5, 0.6) is 5.75 Å². The Morgan fingerprint density at radius 1 is 0.878 bits per heavy atom. The second-order valence-electron chi connectivity index (χ2n) is 11.2. The molecule has 0 saturated carbocycles. The number of hydrogen-bond donors (Lipinski definition) is 7. The third-order valence-electron chi connectivity index (χ3n) is 7.85. The first-order valence-corrected chi connectivity index (χ1v) is 15.3. The van der Waals surface area contributed by atoms with Crippen LogP contribution in [0.1, 0.15) is 35.0 Å². The number of aliphatic hydroxyl groups is 1. The zero-order valence-electron chi connectivity index (χ0n) is 25.8. The molecule has 1 saturated heterocycles. The largest absolute Gasteiger partial charge is 0.492 e. The Morgan fingerprint density at radius 2 is 1.59 bits per heavy atom. The molecule has 1 aromatic heterocycles. The topological polar surface area (TPSA) is 211 Å². The summed E-state index contributed by atoms with van der Waals surface area (Å²) in [6, 6.07) is 17.0. The van der Waals surface area contributed by atoms with Gasteiger partial charge in [-0.2, -0.15) is 0 Å². The number of amides is 7. The van der Waals surface area contributed by atoms with Gasteiger partial charge in [-0.25, -0.2) is 4.79 Å². The average molecular weight is 666 g/mol. The molecule has 0 spiro atoms. The standard InChI is InChI=1S/C34H31N7O8/c42-28(36-15-16-49-23-6-7-24-25(18-23)33(47)41(32(24)46)27-9-10-30(44)40-31(27)45)11-12-29(43)37-20-1-3-21(4-2-20)38-34(48)39-22-5-8-26-19(17-22)13-14-35-26/h1-8,11-14,17-18,27,33,35,47H,9-10,15-16H2,(H,36,42)(H,37,43)(H2,38,39,48)(H,40,44,45)/b12-11+. The monoisotopic (exact) mass is 665 g/mol. The molecule has 250 valence electrons. The summed E-state index contributed by atoms with van der Waals surface area (Å²) in [5.41, 5.74) is 3.05. The van der Waals surface area contributed by atoms with Crippen LogP contribution in [0.25, 0.3) is 10.9 Å². The van der Waals surface area contributed by atoms with E-state index in [1.54, 1.807) is 30.3 Å². The molecular formula is C34H31N7O8. The van der Waals surface area contributed by atoms with E-state index in [0.717, 1.165) is 28.0 Å². The predicted molar refractivity (Wildman–Crippen MR) is 177 cm³/mol. The number of urea groups is 1. The normalized spacial score (nSPS) is 17.1. The number of nitrogens with one attached hydrogen (secondary N) is 6. The second kappa shape index (κ2) is 14.1. The van der Waals surface area contributed by atoms with Gasteiger partial charge in [0.25, 0.3) is 5.91 Å². The number of aromatic nitrogens is 1. The number of imide groups is 1. The van der Waals surface area contributed by atoms with E-state index in [9.17, 15) is 33.9 Å². The first kappa shape index (κ1) is 32.5. The van der Waals surface area contributed by atoms with Crippen LogP contribution in [0.4, 0.5) is 21.9 Å². The maximum Gasteiger partial charge on any atom is 0.323 e. The number of hydrogen-bond acceptors (Lipinski definition) is 8. The van der Waals surface area contributed by atoms with Crippen molar-refractivity contribution in [2.24, 2.45) is 0 Å². The molecule has 0 bridgehead atoms. The minimum absolute atomic E-state index is 0.0476. The Balaban J connectivity index is 0.909. The second-order valence-corrected chi connectivity index (χ2v) is 11.2. The van der Waals surface area contributed by atoms with Crippen LogP contribution in [0.2, 0.25) is 0 Å². The summed E-state index contributed by atoms with van der Waals surface area (Å²) >= 11 is 0. The molecule has 0 radical (unpaired) electrons. The highest BCUT2D eigenvalue weighted by molar-refractivity contribution is 6.06. The molecule has 2 aliphatic heterocycles. The maximum atomic E-state index is 12.9. The van der Waals surface area contributed by atoms with Gasteiger partial charge in [0.1, 0.15) is 18.4 Å². The Kier molecular flexibility index (Phi) is 9.34. The number of ether oxygens (including phenoxy) is 1. The molecule has 3 aromatic carbocycles. The van der Waals surface area contributed by atoms with Gasteiger partial charge in [-0.15, -0.1) is 0 Å². The average Bonchev–Trinajstić information content (AvgIpc) is 3.64. The summed E-state index contributed by atoms with van der Waals surface area (Å²) in [7, 11) is 0. The van der Waals surface area contributed by atoms with Gasteiger partial charge in [-0.05, 0) is 73.2 Å². The number of benzene rings is 3. The van der Waals surface area contributed by atoms with Crippen molar-refractivity contribution in [3.8, 4) is 5.75 Å². The van der Waals surface area contributed by atoms with Crippen molar-refractivity contribution in [2.45, 2.75) is 25.1 Å². The number of aliphatic hydroxyl groups excluding tert-OH is 1. The van der Waals surface area contributed by atoms with Crippen molar-refractivity contribution in [3.63, 3.8) is 0 Å². The van der Waals surface area contributed by atoms with Crippen molar-refractivity contribution in [1.29, 1.82) is 0 Å². The summed E-state index contributed by atoms with van der Waals surface area (Å²) in [6.07, 6.45) is 2.75. The van der Waals surface area contributed by atoms with Crippen LogP contribution < -0.4 is 31.3 Å². The van der Waals surface area contributed by atoms with Crippen molar-refractivity contribution < 1.29 is 38.6 Å². The van der Waals surface area contributed by atoms with Crippen molar-refractivity contribution in [2.75, 3.05) is 29.1 Å². The number of nitrogens with zero attached hydrogens (tertiary/aromatic N) is 1. The summed E-state index contributed by atoms with van der Waals surface area (Å²) in [4.78, 5) is 77.6. The quantitative estimate of drug-likeness (QED) is 0.0759. The van der Waals surface area contributed by atoms with Gasteiger partial charge in [0.2, 0.25) is 23.6 Å². The molecule has 4 aromatic rings. The Labute approximate surface area is 278 Å². The lowest BCUT2D eigenvalue weighted by atomic mass is 10.0. The smallest absolute Gasteiger partial charge is 0.323 e. The molecule has 49 heavy (non-hydrogen) atoms. The van der Waals surface area contributed by atoms with Crippen LogP contribution in [-0.2, 0) is 19.2 Å². The third kappa shape index (κ3) is 7.58. The number of rotatable bonds is 10. The van der Waals surface area contributed by atoms with Crippen molar-refractivity contribution in [1.82, 2.24) is 20.5 Å². The molecule has 2 atom stereocenters. The Morgan fingerprint density at radius 3 is 2.37 bits per heavy atom. The molecule has 6 rings (SSSR count). The highest BCUT2D eigenvalue weighted by Gasteiger charge is 2.44. The molecule has 2 aliphatic rings. The number of H-pyrrole nitrogens is 1. The lowest BCUT2D eigenvalue weighted by Crippen LogP contribution is -2.53. The molecule has 7 N–H and O–H groups in total. The first-order valence-electron chi connectivity index (χ1n) is 15.3. The maximum absolute atomic E-state index is 12.9. The van der Waals surface area contributed by atoms with Gasteiger partial charge >= 0.3 is 6.03 Å². The van der Waals surface area contributed by atoms with E-state index in [-0.39, 0.29) is 37.1 Å². The summed E-state index contributed by atoms with van der Waals surface area (Å²) in [5, 5.41) is 24.7. The highest BCUT2D eigenvalue weighted by Crippen LogP contribution is 2.37. The molecule has 2 unspecified atom stereocenters. The number of piperidine rings is 1. The van der Waals surface area contributed by atoms with E-state index in [4.69, 9.17) is 4.74 Å². The fourth-order valence-corrected chi connectivity index (χ4v) is 5.50. The molecule has 1 fully saturated rings. The predicted octanol–water partition coefficient (Wildman–Crippen LogP) is 2.75. The van der Waals surface area contributed by atoms with Gasteiger partial charge in [-0.1, -0.05) is 0 Å². The number of aromatic amines is 1. The fraction of sp³-hybridized carbons (Fsp3) is 0.176. The molecule has 7 amide bonds. The molecule has 0 aliphatic carbocycles. The fourth-order valence-electron chi connectivity index (χ4n) is 5.50. The first-order chi connectivity index (χ1) is 23.6. The SMILES string of the molecule is O=C(/C=C/C(=O)Nc1ccc(NC(=O)Nc2ccc3[nH]ccc3c2)cc1)NCCOc1ccc2c(c1)C(O)N(C1CCC(=O)NC1=O)C2=O. The molecule has 3 heterocycles. The lowest BCUT2D eigenvalue weighted by Gasteiger charge is -2.31. The number of carbonyl (C=O) groups is 6. The highest BCUT2D eigenvalue weighted by atomic mass is 16.5. The van der Waals surface area contributed by atoms with Crippen LogP contribution in [0.3, 0.4) is 0 Å². The van der Waals surface area contributed by atoms with E-state index < -0.39 is 47.8 Å². The summed E-state index contributed by atoms with van der Waals surface area (Å²) < 4.78 is 5.65. The van der Waals surface area contributed by atoms with E-state index in [2.05, 4.69) is 31.6 Å². The summed E-state index contributed by atoms with van der Waals surface area (Å²) in [6.45, 7) is 0.139. The molecule has 15 nitrogen and oxygen atoms in total. The minimum Gasteiger partial charge on any atom is -0.492 e. The van der Waals surface area contributed by atoms with E-state index in [1.807, 2.05) is 24.4 Å². The number of anilines is 3. The summed E-state index contributed by atoms with van der Waals surface area (Å²) in [5.74, 6) is -2.33. The Bertz CT molecular complexity index is 1990. The lowest BCUT2D eigenvalue weighted by molar-refractivity contribution is -0.139. The molecular weight excluding hydrogens is 634 g/mol. The van der Waals surface area contributed by atoms with Crippen LogP contribution in [0, 0.1) is 0 Å². The van der Waals surface area contributed by atoms with Crippen molar-refractivity contribution in [3.05, 3.63) is 96.2 Å².